The lowest BCUT2D eigenvalue weighted by Crippen LogP contribution is -2.73. The molecule has 170 valence electrons. The van der Waals surface area contributed by atoms with Gasteiger partial charge < -0.3 is 9.80 Å². The molecule has 34 heavy (non-hydrogen) atoms. The molecule has 1 unspecified atom stereocenters. The zero-order chi connectivity index (χ0) is 23.4. The molecule has 6 rings (SSSR count). The van der Waals surface area contributed by atoms with E-state index in [9.17, 15) is 5.26 Å². The topological polar surface area (TPSA) is 114 Å². The first-order valence-electron chi connectivity index (χ1n) is 11.1. The molecule has 0 saturated carbocycles. The molecule has 1 spiro atoms. The fraction of sp³-hybridized carbons (Fsp3) is 0.391. The molecule has 1 aromatic carbocycles. The average molecular weight is 473 g/mol. The molecular formula is C23H21ClN10. The van der Waals surface area contributed by atoms with Gasteiger partial charge in [0.05, 0.1) is 24.3 Å². The van der Waals surface area contributed by atoms with Crippen molar-refractivity contribution in [3.63, 3.8) is 0 Å². The van der Waals surface area contributed by atoms with Crippen molar-refractivity contribution in [2.45, 2.75) is 26.1 Å². The van der Waals surface area contributed by atoms with Crippen LogP contribution in [-0.2, 0) is 13.1 Å². The van der Waals surface area contributed by atoms with Gasteiger partial charge in [-0.05, 0) is 36.8 Å². The van der Waals surface area contributed by atoms with Gasteiger partial charge in [-0.15, -0.1) is 10.2 Å². The molecule has 2 saturated heterocycles. The molecule has 0 bridgehead atoms. The minimum Gasteiger partial charge on any atom is -0.339 e. The third-order valence-corrected chi connectivity index (χ3v) is 7.11. The fourth-order valence-corrected chi connectivity index (χ4v) is 5.34. The number of hydrogen-bond donors (Lipinski definition) is 0. The van der Waals surface area contributed by atoms with Gasteiger partial charge in [-0.2, -0.15) is 10.5 Å². The van der Waals surface area contributed by atoms with Gasteiger partial charge in [0.1, 0.15) is 11.8 Å². The van der Waals surface area contributed by atoms with Crippen molar-refractivity contribution in [1.29, 1.82) is 10.5 Å². The smallest absolute Gasteiger partial charge is 0.231 e. The summed E-state index contributed by atoms with van der Waals surface area (Å²) in [6.07, 6.45) is 1.63. The van der Waals surface area contributed by atoms with Crippen molar-refractivity contribution >= 4 is 23.5 Å². The number of anilines is 2. The second kappa shape index (κ2) is 7.66. The van der Waals surface area contributed by atoms with E-state index in [4.69, 9.17) is 16.9 Å². The van der Waals surface area contributed by atoms with Gasteiger partial charge in [0.2, 0.25) is 11.9 Å². The van der Waals surface area contributed by atoms with Crippen LogP contribution in [0.25, 0.3) is 5.69 Å². The van der Waals surface area contributed by atoms with Crippen molar-refractivity contribution < 1.29 is 0 Å². The van der Waals surface area contributed by atoms with E-state index >= 15 is 0 Å². The number of nitriles is 2. The zero-order valence-corrected chi connectivity index (χ0v) is 19.3. The highest BCUT2D eigenvalue weighted by atomic mass is 35.5. The van der Waals surface area contributed by atoms with Gasteiger partial charge in [-0.25, -0.2) is 9.97 Å². The van der Waals surface area contributed by atoms with E-state index in [1.54, 1.807) is 12.3 Å². The first-order chi connectivity index (χ1) is 16.5. The maximum Gasteiger partial charge on any atom is 0.231 e. The first-order valence-corrected chi connectivity index (χ1v) is 11.5. The van der Waals surface area contributed by atoms with E-state index in [1.165, 1.54) is 0 Å². The van der Waals surface area contributed by atoms with E-state index in [-0.39, 0.29) is 11.5 Å². The molecule has 0 amide bonds. The van der Waals surface area contributed by atoms with Crippen LogP contribution in [-0.4, -0.2) is 61.9 Å². The Balaban J connectivity index is 1.24. The highest BCUT2D eigenvalue weighted by molar-refractivity contribution is 6.30. The predicted molar refractivity (Wildman–Crippen MR) is 124 cm³/mol. The van der Waals surface area contributed by atoms with Crippen molar-refractivity contribution in [3.05, 3.63) is 52.6 Å². The lowest BCUT2D eigenvalue weighted by atomic mass is 9.73. The van der Waals surface area contributed by atoms with Gasteiger partial charge in [-0.1, -0.05) is 11.6 Å². The van der Waals surface area contributed by atoms with Gasteiger partial charge >= 0.3 is 0 Å². The standard InChI is InChI=1S/C23H21ClN10/c1-15(7-25)31-9-16-6-17(24)2-3-19(16)34-20(10-31)29-30-22(34)33-13-23(14-33)11-32(12-23)21-27-5-4-18(8-26)28-21/h2-6,15H,9-14H2,1H3. The second-order valence-corrected chi connectivity index (χ2v) is 9.74. The van der Waals surface area contributed by atoms with Crippen LogP contribution in [0.5, 0.6) is 0 Å². The number of benzene rings is 1. The van der Waals surface area contributed by atoms with E-state index in [1.807, 2.05) is 25.1 Å². The van der Waals surface area contributed by atoms with Gasteiger partial charge in [0, 0.05) is 49.4 Å². The SMILES string of the molecule is CC(C#N)N1Cc2cc(Cl)ccc2-n2c(nnc2N2CC3(CN(c4nccc(C#N)n4)C3)C2)C1. The molecule has 11 heteroatoms. The summed E-state index contributed by atoms with van der Waals surface area (Å²) in [6, 6.07) is 11.6. The third-order valence-electron chi connectivity index (χ3n) is 6.88. The third kappa shape index (κ3) is 3.26. The Kier molecular flexibility index (Phi) is 4.70. The van der Waals surface area contributed by atoms with Crippen LogP contribution in [0.4, 0.5) is 11.9 Å². The Morgan fingerprint density at radius 1 is 1.06 bits per heavy atom. The van der Waals surface area contributed by atoms with Crippen LogP contribution in [0.1, 0.15) is 24.0 Å². The maximum absolute atomic E-state index is 9.50. The van der Waals surface area contributed by atoms with Crippen molar-refractivity contribution in [3.8, 4) is 17.8 Å². The van der Waals surface area contributed by atoms with E-state index < -0.39 is 0 Å². The Morgan fingerprint density at radius 3 is 2.62 bits per heavy atom. The molecular weight excluding hydrogens is 452 g/mol. The summed E-state index contributed by atoms with van der Waals surface area (Å²) < 4.78 is 2.11. The number of rotatable bonds is 3. The Labute approximate surface area is 201 Å². The van der Waals surface area contributed by atoms with Gasteiger partial charge in [0.15, 0.2) is 5.82 Å². The van der Waals surface area contributed by atoms with Crippen LogP contribution in [0.3, 0.4) is 0 Å². The number of hydrogen-bond acceptors (Lipinski definition) is 9. The zero-order valence-electron chi connectivity index (χ0n) is 18.6. The largest absolute Gasteiger partial charge is 0.339 e. The minimum absolute atomic E-state index is 0.160. The molecule has 0 aliphatic carbocycles. The maximum atomic E-state index is 9.50. The van der Waals surface area contributed by atoms with Gasteiger partial charge in [0.25, 0.3) is 0 Å². The molecule has 0 radical (unpaired) electrons. The second-order valence-electron chi connectivity index (χ2n) is 9.30. The molecule has 3 aromatic rings. The van der Waals surface area contributed by atoms with Crippen LogP contribution >= 0.6 is 11.6 Å². The molecule has 0 N–H and O–H groups in total. The summed E-state index contributed by atoms with van der Waals surface area (Å²) in [4.78, 5) is 15.1. The number of nitrogens with zero attached hydrogens (tertiary/aromatic N) is 10. The summed E-state index contributed by atoms with van der Waals surface area (Å²) in [5, 5.41) is 28.3. The summed E-state index contributed by atoms with van der Waals surface area (Å²) >= 11 is 6.31. The van der Waals surface area contributed by atoms with E-state index in [0.717, 1.165) is 49.2 Å². The quantitative estimate of drug-likeness (QED) is 0.565. The molecule has 3 aliphatic heterocycles. The van der Waals surface area contributed by atoms with Crippen molar-refractivity contribution in [2.75, 3.05) is 36.0 Å². The summed E-state index contributed by atoms with van der Waals surface area (Å²) in [7, 11) is 0. The average Bonchev–Trinajstić information content (AvgIpc) is 3.11. The highest BCUT2D eigenvalue weighted by Crippen LogP contribution is 2.43. The molecule has 2 aromatic heterocycles. The Bertz CT molecular complexity index is 1350. The predicted octanol–water partition coefficient (Wildman–Crippen LogP) is 2.14. The number of halogens is 1. The van der Waals surface area contributed by atoms with Crippen molar-refractivity contribution in [2.24, 2.45) is 5.41 Å². The number of fused-ring (bicyclic) bond motifs is 3. The molecule has 3 aliphatic rings. The Hall–Kier alpha value is -3.73. The van der Waals surface area contributed by atoms with Crippen LogP contribution in [0, 0.1) is 28.1 Å². The highest BCUT2D eigenvalue weighted by Gasteiger charge is 2.54. The summed E-state index contributed by atoms with van der Waals surface area (Å²) in [6.45, 7) is 6.47. The lowest BCUT2D eigenvalue weighted by molar-refractivity contribution is 0.152. The molecule has 2 fully saturated rings. The summed E-state index contributed by atoms with van der Waals surface area (Å²) in [5.74, 6) is 2.24. The van der Waals surface area contributed by atoms with E-state index in [0.29, 0.717) is 29.8 Å². The molecule has 10 nitrogen and oxygen atoms in total. The van der Waals surface area contributed by atoms with E-state index in [2.05, 4.69) is 51.6 Å². The van der Waals surface area contributed by atoms with Crippen LogP contribution in [0.2, 0.25) is 5.02 Å². The van der Waals surface area contributed by atoms with Crippen molar-refractivity contribution in [1.82, 2.24) is 29.6 Å². The van der Waals surface area contributed by atoms with Crippen LogP contribution in [0.15, 0.2) is 30.5 Å². The van der Waals surface area contributed by atoms with Gasteiger partial charge in [-0.3, -0.25) is 9.47 Å². The lowest BCUT2D eigenvalue weighted by Gasteiger charge is -2.60. The normalized spacial score (nSPS) is 19.2. The Morgan fingerprint density at radius 2 is 1.85 bits per heavy atom. The van der Waals surface area contributed by atoms with Crippen LogP contribution < -0.4 is 9.80 Å². The number of aromatic nitrogens is 5. The minimum atomic E-state index is -0.256. The molecule has 1 atom stereocenters. The molecule has 5 heterocycles. The summed E-state index contributed by atoms with van der Waals surface area (Å²) in [5.41, 5.74) is 2.60. The monoisotopic (exact) mass is 472 g/mol. The fourth-order valence-electron chi connectivity index (χ4n) is 5.14. The first kappa shape index (κ1) is 20.8.